The number of rotatable bonds is 8. The van der Waals surface area contributed by atoms with Crippen molar-refractivity contribution in [3.05, 3.63) is 57.6 Å². The Morgan fingerprint density at radius 1 is 1.15 bits per heavy atom. The highest BCUT2D eigenvalue weighted by atomic mass is 35.5. The van der Waals surface area contributed by atoms with Crippen LogP contribution in [0, 0.1) is 0 Å². The van der Waals surface area contributed by atoms with Gasteiger partial charge in [-0.2, -0.15) is 0 Å². The van der Waals surface area contributed by atoms with Gasteiger partial charge in [-0.15, -0.1) is 4.79 Å². The van der Waals surface area contributed by atoms with Gasteiger partial charge in [0.15, 0.2) is 11.5 Å². The molecule has 0 radical (unpaired) electrons. The minimum Gasteiger partial charge on any atom is -0.490 e. The van der Waals surface area contributed by atoms with E-state index in [2.05, 4.69) is 21.0 Å². The van der Waals surface area contributed by atoms with E-state index in [-0.39, 0.29) is 12.6 Å². The molecule has 0 spiro atoms. The highest BCUT2D eigenvalue weighted by Crippen LogP contribution is 2.33. The van der Waals surface area contributed by atoms with Gasteiger partial charge < -0.3 is 20.6 Å². The Morgan fingerprint density at radius 3 is 2.70 bits per heavy atom. The average molecular weight is 409 g/mol. The van der Waals surface area contributed by atoms with Crippen molar-refractivity contribution in [2.24, 2.45) is 0 Å². The topological polar surface area (TPSA) is 100 Å². The van der Waals surface area contributed by atoms with E-state index in [4.69, 9.17) is 38.4 Å². The largest absolute Gasteiger partial charge is 0.490 e. The summed E-state index contributed by atoms with van der Waals surface area (Å²) in [6.07, 6.45) is 0. The van der Waals surface area contributed by atoms with E-state index in [1.54, 1.807) is 12.1 Å². The van der Waals surface area contributed by atoms with Gasteiger partial charge in [0.25, 0.3) is 5.95 Å². The summed E-state index contributed by atoms with van der Waals surface area (Å²) in [7, 11) is 0. The monoisotopic (exact) mass is 408 g/mol. The molecule has 0 atom stereocenters. The molecule has 3 aromatic rings. The first kappa shape index (κ1) is 19.1. The third kappa shape index (κ3) is 4.72. The number of para-hydroxylation sites is 1. The van der Waals surface area contributed by atoms with Crippen molar-refractivity contribution < 1.29 is 9.47 Å². The van der Waals surface area contributed by atoms with Gasteiger partial charge in [-0.1, -0.05) is 46.5 Å². The van der Waals surface area contributed by atoms with Crippen LogP contribution in [-0.2, 0) is 13.2 Å². The summed E-state index contributed by atoms with van der Waals surface area (Å²) >= 11 is 12.2. The van der Waals surface area contributed by atoms with E-state index in [1.807, 2.05) is 31.2 Å². The number of benzene rings is 2. The Morgan fingerprint density at radius 2 is 2.00 bits per heavy atom. The summed E-state index contributed by atoms with van der Waals surface area (Å²) < 4.78 is 11.7. The standard InChI is InChI=1S/C17H18Cl2N6O2/c1-2-26-15-5-3-4-11(9-21-25-17(20)22-23-24-25)16(15)27-10-12-6-7-13(18)8-14(12)19/h3-8,21H,2,9-10H2,1H3,(H2,20,22,24). The van der Waals surface area contributed by atoms with E-state index in [0.29, 0.717) is 34.7 Å². The maximum absolute atomic E-state index is 6.24. The highest BCUT2D eigenvalue weighted by Gasteiger charge is 2.13. The predicted octanol–water partition coefficient (Wildman–Crippen LogP) is 3.28. The number of anilines is 1. The molecule has 3 N–H and O–H groups in total. The molecule has 1 aromatic heterocycles. The number of hydrogen-bond donors (Lipinski definition) is 2. The Labute approximate surface area is 166 Å². The normalized spacial score (nSPS) is 10.6. The summed E-state index contributed by atoms with van der Waals surface area (Å²) in [5.74, 6) is 1.39. The molecule has 0 bridgehead atoms. The molecule has 1 heterocycles. The van der Waals surface area contributed by atoms with E-state index in [9.17, 15) is 0 Å². The molecule has 0 saturated carbocycles. The minimum absolute atomic E-state index is 0.159. The van der Waals surface area contributed by atoms with Gasteiger partial charge in [-0.3, -0.25) is 0 Å². The van der Waals surface area contributed by atoms with Gasteiger partial charge in [0.2, 0.25) is 0 Å². The molecule has 10 heteroatoms. The highest BCUT2D eigenvalue weighted by molar-refractivity contribution is 6.35. The van der Waals surface area contributed by atoms with Gasteiger partial charge in [0.05, 0.1) is 13.2 Å². The number of nitrogens with two attached hydrogens (primary N) is 1. The van der Waals surface area contributed by atoms with Crippen molar-refractivity contribution in [1.82, 2.24) is 20.3 Å². The number of aromatic nitrogens is 4. The third-order valence-corrected chi connectivity index (χ3v) is 4.25. The number of ether oxygens (including phenoxy) is 2. The SMILES string of the molecule is CCOc1cccc(CNn2nnnc2N)c1OCc1ccc(Cl)cc1Cl. The molecule has 142 valence electrons. The number of halogens is 2. The minimum atomic E-state index is 0.159. The van der Waals surface area contributed by atoms with Crippen LogP contribution in [0.5, 0.6) is 11.5 Å². The first-order valence-electron chi connectivity index (χ1n) is 8.17. The van der Waals surface area contributed by atoms with Crippen LogP contribution in [0.4, 0.5) is 5.95 Å². The molecule has 27 heavy (non-hydrogen) atoms. The van der Waals surface area contributed by atoms with Crippen molar-refractivity contribution in [2.75, 3.05) is 17.8 Å². The van der Waals surface area contributed by atoms with E-state index < -0.39 is 0 Å². The van der Waals surface area contributed by atoms with Crippen LogP contribution in [0.25, 0.3) is 0 Å². The van der Waals surface area contributed by atoms with E-state index in [0.717, 1.165) is 11.1 Å². The molecular formula is C17H18Cl2N6O2. The zero-order chi connectivity index (χ0) is 19.2. The molecule has 2 aromatic carbocycles. The Bertz CT molecular complexity index is 918. The van der Waals surface area contributed by atoms with Crippen LogP contribution < -0.4 is 20.6 Å². The van der Waals surface area contributed by atoms with Crippen molar-refractivity contribution in [3.63, 3.8) is 0 Å². The fourth-order valence-electron chi connectivity index (χ4n) is 2.39. The van der Waals surface area contributed by atoms with Crippen molar-refractivity contribution in [2.45, 2.75) is 20.1 Å². The summed E-state index contributed by atoms with van der Waals surface area (Å²) in [6.45, 7) is 3.06. The van der Waals surface area contributed by atoms with Gasteiger partial charge in [0.1, 0.15) is 6.61 Å². The fraction of sp³-hybridized carbons (Fsp3) is 0.235. The van der Waals surface area contributed by atoms with Crippen LogP contribution in [-0.4, -0.2) is 26.9 Å². The van der Waals surface area contributed by atoms with Crippen LogP contribution in [0.2, 0.25) is 10.0 Å². The lowest BCUT2D eigenvalue weighted by atomic mass is 10.2. The molecule has 0 amide bonds. The second-order valence-corrected chi connectivity index (χ2v) is 6.33. The molecule has 0 saturated heterocycles. The van der Waals surface area contributed by atoms with Crippen molar-refractivity contribution in [1.29, 1.82) is 0 Å². The van der Waals surface area contributed by atoms with Crippen molar-refractivity contribution >= 4 is 29.2 Å². The maximum atomic E-state index is 6.24. The summed E-state index contributed by atoms with van der Waals surface area (Å²) in [5, 5.41) is 12.0. The van der Waals surface area contributed by atoms with Crippen LogP contribution in [0.15, 0.2) is 36.4 Å². The first-order chi connectivity index (χ1) is 13.1. The number of nitrogen functional groups attached to an aromatic ring is 1. The number of nitrogens with zero attached hydrogens (tertiary/aromatic N) is 4. The zero-order valence-corrected chi connectivity index (χ0v) is 16.0. The molecule has 0 aliphatic heterocycles. The van der Waals surface area contributed by atoms with Crippen LogP contribution >= 0.6 is 23.2 Å². The zero-order valence-electron chi connectivity index (χ0n) is 14.5. The maximum Gasteiger partial charge on any atom is 0.260 e. The first-order valence-corrected chi connectivity index (χ1v) is 8.93. The molecule has 0 aliphatic carbocycles. The fourth-order valence-corrected chi connectivity index (χ4v) is 2.85. The van der Waals surface area contributed by atoms with Gasteiger partial charge in [0, 0.05) is 21.2 Å². The lowest BCUT2D eigenvalue weighted by molar-refractivity contribution is 0.267. The quantitative estimate of drug-likeness (QED) is 0.589. The second-order valence-electron chi connectivity index (χ2n) is 5.49. The number of nitrogens with one attached hydrogen (secondary N) is 1. The van der Waals surface area contributed by atoms with E-state index >= 15 is 0 Å². The molecular weight excluding hydrogens is 391 g/mol. The third-order valence-electron chi connectivity index (χ3n) is 3.66. The number of hydrogen-bond acceptors (Lipinski definition) is 7. The molecule has 3 rings (SSSR count). The van der Waals surface area contributed by atoms with Crippen LogP contribution in [0.1, 0.15) is 18.1 Å². The lowest BCUT2D eigenvalue weighted by Crippen LogP contribution is -2.19. The smallest absolute Gasteiger partial charge is 0.260 e. The van der Waals surface area contributed by atoms with E-state index in [1.165, 1.54) is 4.79 Å². The molecule has 0 unspecified atom stereocenters. The van der Waals surface area contributed by atoms with Crippen molar-refractivity contribution in [3.8, 4) is 11.5 Å². The number of tetrazole rings is 1. The summed E-state index contributed by atoms with van der Waals surface area (Å²) in [4.78, 5) is 1.28. The Balaban J connectivity index is 1.81. The van der Waals surface area contributed by atoms with Crippen LogP contribution in [0.3, 0.4) is 0 Å². The lowest BCUT2D eigenvalue weighted by Gasteiger charge is -2.17. The Kier molecular flexibility index (Phi) is 6.20. The Hall–Kier alpha value is -2.71. The average Bonchev–Trinajstić information content (AvgIpc) is 3.05. The molecule has 8 nitrogen and oxygen atoms in total. The van der Waals surface area contributed by atoms with Gasteiger partial charge in [-0.05, 0) is 35.5 Å². The summed E-state index contributed by atoms with van der Waals surface area (Å²) in [6, 6.07) is 10.9. The van der Waals surface area contributed by atoms with Gasteiger partial charge in [-0.25, -0.2) is 0 Å². The summed E-state index contributed by atoms with van der Waals surface area (Å²) in [5.41, 5.74) is 10.3. The molecule has 0 fully saturated rings. The second kappa shape index (κ2) is 8.79. The van der Waals surface area contributed by atoms with Gasteiger partial charge >= 0.3 is 0 Å². The predicted molar refractivity (Wildman–Crippen MR) is 104 cm³/mol. The molecule has 0 aliphatic rings.